The molecule has 0 aliphatic heterocycles. The summed E-state index contributed by atoms with van der Waals surface area (Å²) in [6.45, 7) is 3.14. The molecule has 2 rings (SSSR count). The molecule has 0 fully saturated rings. The Morgan fingerprint density at radius 1 is 1.10 bits per heavy atom. The number of nitrogens with two attached hydrogens (primary N) is 1. The minimum atomic E-state index is 0.503. The SMILES string of the molecule is N#Cc1ncccc1CN(CCCN)Cc1ccccc1. The predicted octanol–water partition coefficient (Wildman–Crippen LogP) is 2.30. The summed E-state index contributed by atoms with van der Waals surface area (Å²) in [5.41, 5.74) is 8.36. The third-order valence-electron chi connectivity index (χ3n) is 3.32. The van der Waals surface area contributed by atoms with E-state index in [-0.39, 0.29) is 0 Å². The van der Waals surface area contributed by atoms with Crippen molar-refractivity contribution in [2.75, 3.05) is 13.1 Å². The van der Waals surface area contributed by atoms with E-state index in [1.165, 1.54) is 5.56 Å². The zero-order valence-corrected chi connectivity index (χ0v) is 12.1. The monoisotopic (exact) mass is 280 g/mol. The topological polar surface area (TPSA) is 65.9 Å². The summed E-state index contributed by atoms with van der Waals surface area (Å²) in [7, 11) is 0. The van der Waals surface area contributed by atoms with Gasteiger partial charge in [-0.05, 0) is 24.6 Å². The van der Waals surface area contributed by atoms with E-state index in [1.807, 2.05) is 30.3 Å². The fraction of sp³-hybridized carbons (Fsp3) is 0.294. The van der Waals surface area contributed by atoms with E-state index in [1.54, 1.807) is 6.20 Å². The Kier molecular flexibility index (Phi) is 5.89. The Morgan fingerprint density at radius 3 is 2.62 bits per heavy atom. The quantitative estimate of drug-likeness (QED) is 0.845. The number of nitriles is 1. The van der Waals surface area contributed by atoms with Crippen LogP contribution in [-0.4, -0.2) is 23.0 Å². The van der Waals surface area contributed by atoms with E-state index in [2.05, 4.69) is 28.1 Å². The molecule has 2 aromatic rings. The summed E-state index contributed by atoms with van der Waals surface area (Å²) in [4.78, 5) is 6.43. The van der Waals surface area contributed by atoms with E-state index in [0.29, 0.717) is 18.8 Å². The third-order valence-corrected chi connectivity index (χ3v) is 3.32. The molecule has 108 valence electrons. The summed E-state index contributed by atoms with van der Waals surface area (Å²) >= 11 is 0. The van der Waals surface area contributed by atoms with Crippen LogP contribution in [0.2, 0.25) is 0 Å². The Morgan fingerprint density at radius 2 is 1.90 bits per heavy atom. The van der Waals surface area contributed by atoms with Gasteiger partial charge in [0.05, 0.1) is 0 Å². The van der Waals surface area contributed by atoms with Gasteiger partial charge < -0.3 is 5.73 Å². The number of benzene rings is 1. The van der Waals surface area contributed by atoms with Crippen molar-refractivity contribution in [1.29, 1.82) is 5.26 Å². The number of aromatic nitrogens is 1. The molecule has 1 aromatic carbocycles. The van der Waals surface area contributed by atoms with Crippen molar-refractivity contribution in [3.63, 3.8) is 0 Å². The highest BCUT2D eigenvalue weighted by molar-refractivity contribution is 5.30. The van der Waals surface area contributed by atoms with Gasteiger partial charge in [0.2, 0.25) is 0 Å². The lowest BCUT2D eigenvalue weighted by atomic mass is 10.1. The number of hydrogen-bond donors (Lipinski definition) is 1. The highest BCUT2D eigenvalue weighted by Crippen LogP contribution is 2.12. The molecule has 2 N–H and O–H groups in total. The molecule has 4 heteroatoms. The van der Waals surface area contributed by atoms with Gasteiger partial charge in [-0.1, -0.05) is 36.4 Å². The Balaban J connectivity index is 2.11. The van der Waals surface area contributed by atoms with Gasteiger partial charge in [0.1, 0.15) is 11.8 Å². The zero-order valence-electron chi connectivity index (χ0n) is 12.1. The van der Waals surface area contributed by atoms with Crippen LogP contribution in [0.15, 0.2) is 48.7 Å². The molecule has 0 bridgehead atoms. The van der Waals surface area contributed by atoms with Gasteiger partial charge in [0.15, 0.2) is 0 Å². The Hall–Kier alpha value is -2.22. The molecule has 21 heavy (non-hydrogen) atoms. The van der Waals surface area contributed by atoms with Gasteiger partial charge in [0.25, 0.3) is 0 Å². The molecule has 0 amide bonds. The van der Waals surface area contributed by atoms with Gasteiger partial charge in [-0.15, -0.1) is 0 Å². The molecule has 1 aromatic heterocycles. The fourth-order valence-corrected chi connectivity index (χ4v) is 2.28. The summed E-state index contributed by atoms with van der Waals surface area (Å²) in [6.07, 6.45) is 2.60. The van der Waals surface area contributed by atoms with E-state index in [0.717, 1.165) is 25.1 Å². The lowest BCUT2D eigenvalue weighted by Crippen LogP contribution is -2.26. The highest BCUT2D eigenvalue weighted by atomic mass is 15.1. The predicted molar refractivity (Wildman–Crippen MR) is 83.2 cm³/mol. The van der Waals surface area contributed by atoms with Crippen molar-refractivity contribution >= 4 is 0 Å². The normalized spacial score (nSPS) is 10.5. The molecule has 0 spiro atoms. The van der Waals surface area contributed by atoms with Gasteiger partial charge in [-0.2, -0.15) is 5.26 Å². The molecule has 0 saturated heterocycles. The second-order valence-electron chi connectivity index (χ2n) is 4.96. The first kappa shape index (κ1) is 15.2. The van der Waals surface area contributed by atoms with Crippen molar-refractivity contribution in [3.05, 3.63) is 65.5 Å². The van der Waals surface area contributed by atoms with Crippen LogP contribution < -0.4 is 5.73 Å². The van der Waals surface area contributed by atoms with E-state index < -0.39 is 0 Å². The maximum Gasteiger partial charge on any atom is 0.144 e. The van der Waals surface area contributed by atoms with Crippen LogP contribution in [0.1, 0.15) is 23.2 Å². The van der Waals surface area contributed by atoms with E-state index in [4.69, 9.17) is 11.0 Å². The molecule has 0 aliphatic carbocycles. The standard InChI is InChI=1S/C17H20N4/c18-9-5-11-21(13-15-6-2-1-3-7-15)14-16-8-4-10-20-17(16)12-19/h1-4,6-8,10H,5,9,11,13-14,18H2. The average molecular weight is 280 g/mol. The molecule has 0 unspecified atom stereocenters. The molecule has 1 heterocycles. The van der Waals surface area contributed by atoms with Crippen LogP contribution in [0.5, 0.6) is 0 Å². The Bertz CT molecular complexity index is 589. The second-order valence-corrected chi connectivity index (χ2v) is 4.96. The smallest absolute Gasteiger partial charge is 0.144 e. The molecule has 0 atom stereocenters. The molecular weight excluding hydrogens is 260 g/mol. The molecular formula is C17H20N4. The maximum atomic E-state index is 9.15. The first-order valence-electron chi connectivity index (χ1n) is 7.14. The summed E-state index contributed by atoms with van der Waals surface area (Å²) in [6, 6.07) is 16.3. The molecule has 0 radical (unpaired) electrons. The molecule has 4 nitrogen and oxygen atoms in total. The van der Waals surface area contributed by atoms with Crippen molar-refractivity contribution < 1.29 is 0 Å². The number of nitrogens with zero attached hydrogens (tertiary/aromatic N) is 3. The van der Waals surface area contributed by atoms with Gasteiger partial charge >= 0.3 is 0 Å². The minimum Gasteiger partial charge on any atom is -0.330 e. The molecule has 0 aliphatic rings. The minimum absolute atomic E-state index is 0.503. The summed E-state index contributed by atoms with van der Waals surface area (Å²) in [5, 5.41) is 9.15. The first-order chi connectivity index (χ1) is 10.3. The third kappa shape index (κ3) is 4.67. The number of rotatable bonds is 7. The van der Waals surface area contributed by atoms with Gasteiger partial charge in [-0.25, -0.2) is 4.98 Å². The van der Waals surface area contributed by atoms with Crippen molar-refractivity contribution in [2.45, 2.75) is 19.5 Å². The summed E-state index contributed by atoms with van der Waals surface area (Å²) < 4.78 is 0. The largest absolute Gasteiger partial charge is 0.330 e. The lowest BCUT2D eigenvalue weighted by molar-refractivity contribution is 0.254. The van der Waals surface area contributed by atoms with Crippen LogP contribution in [0, 0.1) is 11.3 Å². The number of pyridine rings is 1. The van der Waals surface area contributed by atoms with Gasteiger partial charge in [0, 0.05) is 31.4 Å². The molecule has 0 saturated carbocycles. The van der Waals surface area contributed by atoms with Crippen LogP contribution in [0.3, 0.4) is 0 Å². The first-order valence-corrected chi connectivity index (χ1v) is 7.14. The zero-order chi connectivity index (χ0) is 14.9. The van der Waals surface area contributed by atoms with E-state index >= 15 is 0 Å². The second kappa shape index (κ2) is 8.15. The maximum absolute atomic E-state index is 9.15. The van der Waals surface area contributed by atoms with Gasteiger partial charge in [-0.3, -0.25) is 4.90 Å². The highest BCUT2D eigenvalue weighted by Gasteiger charge is 2.10. The number of hydrogen-bond acceptors (Lipinski definition) is 4. The van der Waals surface area contributed by atoms with Crippen LogP contribution >= 0.6 is 0 Å². The van der Waals surface area contributed by atoms with Crippen LogP contribution in [0.25, 0.3) is 0 Å². The fourth-order valence-electron chi connectivity index (χ4n) is 2.28. The van der Waals surface area contributed by atoms with Crippen molar-refractivity contribution in [2.24, 2.45) is 5.73 Å². The van der Waals surface area contributed by atoms with Crippen molar-refractivity contribution in [1.82, 2.24) is 9.88 Å². The average Bonchev–Trinajstić information content (AvgIpc) is 2.54. The lowest BCUT2D eigenvalue weighted by Gasteiger charge is -2.22. The van der Waals surface area contributed by atoms with Crippen LogP contribution in [0.4, 0.5) is 0 Å². The van der Waals surface area contributed by atoms with E-state index in [9.17, 15) is 0 Å². The van der Waals surface area contributed by atoms with Crippen molar-refractivity contribution in [3.8, 4) is 6.07 Å². The summed E-state index contributed by atoms with van der Waals surface area (Å²) in [5.74, 6) is 0. The van der Waals surface area contributed by atoms with Crippen LogP contribution in [-0.2, 0) is 13.1 Å². The Labute approximate surface area is 125 Å².